The van der Waals surface area contributed by atoms with Gasteiger partial charge in [0.1, 0.15) is 5.75 Å². The first kappa shape index (κ1) is 19.6. The fourth-order valence-corrected chi connectivity index (χ4v) is 3.17. The van der Waals surface area contributed by atoms with E-state index in [9.17, 15) is 5.11 Å². The number of phenolic OH excluding ortho intramolecular Hbond substituents is 1. The number of ether oxygens (including phenoxy) is 2. The van der Waals surface area contributed by atoms with Gasteiger partial charge in [0.05, 0.1) is 32.6 Å². The SMILES string of the molecule is Oc1ccc(Cl)c(C=NNc2nc(N3CCOCC3)nc(N3CCOCC3)n2)c1. The van der Waals surface area contributed by atoms with Crippen LogP contribution < -0.4 is 15.2 Å². The van der Waals surface area contributed by atoms with Gasteiger partial charge in [-0.05, 0) is 18.2 Å². The van der Waals surface area contributed by atoms with Gasteiger partial charge in [-0.25, -0.2) is 5.43 Å². The molecule has 3 heterocycles. The molecule has 0 radical (unpaired) electrons. The van der Waals surface area contributed by atoms with Gasteiger partial charge in [0, 0.05) is 36.8 Å². The Hall–Kier alpha value is -2.69. The van der Waals surface area contributed by atoms with Crippen molar-refractivity contribution in [2.24, 2.45) is 5.10 Å². The van der Waals surface area contributed by atoms with E-state index in [0.717, 1.165) is 0 Å². The molecule has 2 aliphatic rings. The lowest BCUT2D eigenvalue weighted by molar-refractivity contribution is 0.121. The van der Waals surface area contributed by atoms with Crippen LogP contribution in [0.15, 0.2) is 23.3 Å². The van der Waals surface area contributed by atoms with E-state index in [2.05, 4.69) is 35.3 Å². The van der Waals surface area contributed by atoms with Gasteiger partial charge in [-0.15, -0.1) is 0 Å². The summed E-state index contributed by atoms with van der Waals surface area (Å²) in [6.07, 6.45) is 1.51. The number of nitrogens with one attached hydrogen (secondary N) is 1. The summed E-state index contributed by atoms with van der Waals surface area (Å²) < 4.78 is 10.8. The normalized spacial score (nSPS) is 17.7. The maximum atomic E-state index is 9.61. The summed E-state index contributed by atoms with van der Waals surface area (Å²) in [6, 6.07) is 4.65. The Balaban J connectivity index is 1.57. The molecule has 29 heavy (non-hydrogen) atoms. The molecule has 2 fully saturated rings. The van der Waals surface area contributed by atoms with Gasteiger partial charge in [-0.2, -0.15) is 20.1 Å². The second kappa shape index (κ2) is 9.21. The zero-order valence-corrected chi connectivity index (χ0v) is 16.5. The molecule has 0 amide bonds. The average molecular weight is 420 g/mol. The Morgan fingerprint density at radius 3 is 2.14 bits per heavy atom. The molecule has 1 aromatic carbocycles. The van der Waals surface area contributed by atoms with E-state index >= 15 is 0 Å². The fourth-order valence-electron chi connectivity index (χ4n) is 3.00. The minimum absolute atomic E-state index is 0.111. The van der Waals surface area contributed by atoms with E-state index in [1.807, 2.05) is 0 Å². The molecule has 2 N–H and O–H groups in total. The molecule has 2 saturated heterocycles. The number of anilines is 3. The minimum atomic E-state index is 0.111. The maximum absolute atomic E-state index is 9.61. The van der Waals surface area contributed by atoms with Gasteiger partial charge in [0.2, 0.25) is 17.8 Å². The van der Waals surface area contributed by atoms with E-state index in [1.54, 1.807) is 6.07 Å². The largest absolute Gasteiger partial charge is 0.508 e. The fraction of sp³-hybridized carbons (Fsp3) is 0.444. The molecular weight excluding hydrogens is 398 g/mol. The van der Waals surface area contributed by atoms with Crippen molar-refractivity contribution in [3.63, 3.8) is 0 Å². The first-order valence-corrected chi connectivity index (χ1v) is 9.76. The summed E-state index contributed by atoms with van der Waals surface area (Å²) in [7, 11) is 0. The van der Waals surface area contributed by atoms with Crippen molar-refractivity contribution in [3.05, 3.63) is 28.8 Å². The van der Waals surface area contributed by atoms with E-state index in [0.29, 0.717) is 81.0 Å². The van der Waals surface area contributed by atoms with Crippen molar-refractivity contribution in [2.75, 3.05) is 67.8 Å². The highest BCUT2D eigenvalue weighted by atomic mass is 35.5. The monoisotopic (exact) mass is 419 g/mol. The number of nitrogens with zero attached hydrogens (tertiary/aromatic N) is 6. The average Bonchev–Trinajstić information content (AvgIpc) is 2.77. The van der Waals surface area contributed by atoms with Crippen LogP contribution in [0.2, 0.25) is 5.02 Å². The first-order valence-electron chi connectivity index (χ1n) is 9.38. The molecule has 11 heteroatoms. The van der Waals surface area contributed by atoms with Crippen LogP contribution in [0.3, 0.4) is 0 Å². The Morgan fingerprint density at radius 2 is 1.55 bits per heavy atom. The molecule has 0 saturated carbocycles. The zero-order chi connectivity index (χ0) is 20.1. The Labute approximate surface area is 173 Å². The molecule has 0 spiro atoms. The van der Waals surface area contributed by atoms with E-state index in [1.165, 1.54) is 18.3 Å². The van der Waals surface area contributed by atoms with Crippen LogP contribution in [0.1, 0.15) is 5.56 Å². The van der Waals surface area contributed by atoms with Crippen LogP contribution in [-0.2, 0) is 9.47 Å². The van der Waals surface area contributed by atoms with Gasteiger partial charge in [0.15, 0.2) is 0 Å². The molecule has 0 unspecified atom stereocenters. The van der Waals surface area contributed by atoms with Crippen LogP contribution >= 0.6 is 11.6 Å². The molecule has 0 aliphatic carbocycles. The number of aromatic nitrogens is 3. The number of morpholine rings is 2. The maximum Gasteiger partial charge on any atom is 0.250 e. The second-order valence-corrected chi connectivity index (χ2v) is 6.94. The Morgan fingerprint density at radius 1 is 0.966 bits per heavy atom. The van der Waals surface area contributed by atoms with Crippen LogP contribution in [0.5, 0.6) is 5.75 Å². The minimum Gasteiger partial charge on any atom is -0.508 e. The molecule has 0 bridgehead atoms. The zero-order valence-electron chi connectivity index (χ0n) is 15.8. The van der Waals surface area contributed by atoms with Crippen LogP contribution in [0, 0.1) is 0 Å². The molecule has 4 rings (SSSR count). The summed E-state index contributed by atoms with van der Waals surface area (Å²) in [5.41, 5.74) is 3.43. The smallest absolute Gasteiger partial charge is 0.250 e. The third-order valence-electron chi connectivity index (χ3n) is 4.55. The highest BCUT2D eigenvalue weighted by Gasteiger charge is 2.20. The molecule has 1 aromatic heterocycles. The van der Waals surface area contributed by atoms with Crippen molar-refractivity contribution >= 4 is 35.7 Å². The van der Waals surface area contributed by atoms with Crippen LogP contribution in [-0.4, -0.2) is 78.9 Å². The summed E-state index contributed by atoms with van der Waals surface area (Å²) in [5.74, 6) is 1.60. The molecule has 10 nitrogen and oxygen atoms in total. The Bertz CT molecular complexity index is 834. The van der Waals surface area contributed by atoms with Gasteiger partial charge in [-0.1, -0.05) is 11.6 Å². The Kier molecular flexibility index (Phi) is 6.23. The molecule has 0 atom stereocenters. The molecule has 2 aliphatic heterocycles. The first-order chi connectivity index (χ1) is 14.2. The highest BCUT2D eigenvalue weighted by molar-refractivity contribution is 6.33. The third-order valence-corrected chi connectivity index (χ3v) is 4.89. The number of aromatic hydroxyl groups is 1. The predicted molar refractivity (Wildman–Crippen MR) is 110 cm³/mol. The molecule has 154 valence electrons. The van der Waals surface area contributed by atoms with Crippen LogP contribution in [0.4, 0.5) is 17.8 Å². The van der Waals surface area contributed by atoms with Gasteiger partial charge in [0.25, 0.3) is 0 Å². The van der Waals surface area contributed by atoms with Crippen molar-refractivity contribution in [1.29, 1.82) is 0 Å². The number of halogens is 1. The summed E-state index contributed by atoms with van der Waals surface area (Å²) in [6.45, 7) is 5.40. The van der Waals surface area contributed by atoms with E-state index < -0.39 is 0 Å². The summed E-state index contributed by atoms with van der Waals surface area (Å²) in [5, 5.41) is 14.3. The highest BCUT2D eigenvalue weighted by Crippen LogP contribution is 2.20. The van der Waals surface area contributed by atoms with Crippen molar-refractivity contribution < 1.29 is 14.6 Å². The van der Waals surface area contributed by atoms with E-state index in [4.69, 9.17) is 21.1 Å². The topological polar surface area (TPSA) is 108 Å². The number of phenols is 1. The lowest BCUT2D eigenvalue weighted by atomic mass is 10.2. The summed E-state index contributed by atoms with van der Waals surface area (Å²) >= 11 is 6.12. The second-order valence-electron chi connectivity index (χ2n) is 6.53. The number of benzene rings is 1. The van der Waals surface area contributed by atoms with Gasteiger partial charge >= 0.3 is 0 Å². The number of hydrazone groups is 1. The van der Waals surface area contributed by atoms with Crippen molar-refractivity contribution in [2.45, 2.75) is 0 Å². The van der Waals surface area contributed by atoms with Crippen LogP contribution in [0.25, 0.3) is 0 Å². The number of hydrogen-bond acceptors (Lipinski definition) is 10. The van der Waals surface area contributed by atoms with Crippen molar-refractivity contribution in [3.8, 4) is 5.75 Å². The van der Waals surface area contributed by atoms with Gasteiger partial charge < -0.3 is 24.4 Å². The number of rotatable bonds is 5. The lowest BCUT2D eigenvalue weighted by Crippen LogP contribution is -2.40. The number of hydrogen-bond donors (Lipinski definition) is 2. The predicted octanol–water partition coefficient (Wildman–Crippen LogP) is 1.35. The molecule has 2 aromatic rings. The van der Waals surface area contributed by atoms with Crippen molar-refractivity contribution in [1.82, 2.24) is 15.0 Å². The van der Waals surface area contributed by atoms with Gasteiger partial charge in [-0.3, -0.25) is 0 Å². The summed E-state index contributed by atoms with van der Waals surface area (Å²) in [4.78, 5) is 17.8. The molecular formula is C18H22ClN7O3. The van der Waals surface area contributed by atoms with E-state index in [-0.39, 0.29) is 5.75 Å². The standard InChI is InChI=1S/C18H22ClN7O3/c19-15-2-1-14(27)11-13(15)12-20-24-16-21-17(25-3-7-28-8-4-25)23-18(22-16)26-5-9-29-10-6-26/h1-2,11-12,27H,3-10H2,(H,21,22,23,24). The quantitative estimate of drug-likeness (QED) is 0.548. The lowest BCUT2D eigenvalue weighted by Gasteiger charge is -2.30. The third kappa shape index (κ3) is 5.03.